The molecule has 2 aromatic carbocycles. The average Bonchev–Trinajstić information content (AvgIpc) is 2.98. The highest BCUT2D eigenvalue weighted by atomic mass is 79.9. The molecule has 0 bridgehead atoms. The summed E-state index contributed by atoms with van der Waals surface area (Å²) in [6.07, 6.45) is 0.175. The quantitative estimate of drug-likeness (QED) is 0.507. The summed E-state index contributed by atoms with van der Waals surface area (Å²) < 4.78 is 11.4. The number of carboxylic acids is 1. The van der Waals surface area contributed by atoms with Gasteiger partial charge in [0.05, 0.1) is 12.8 Å². The van der Waals surface area contributed by atoms with Crippen LogP contribution in [-0.2, 0) is 14.4 Å². The maximum atomic E-state index is 12.8. The fourth-order valence-electron chi connectivity index (χ4n) is 2.67. The summed E-state index contributed by atoms with van der Waals surface area (Å²) in [4.78, 5) is 36.4. The number of aliphatic carboxylic acids is 1. The maximum absolute atomic E-state index is 12.8. The van der Waals surface area contributed by atoms with E-state index in [1.807, 2.05) is 0 Å². The van der Waals surface area contributed by atoms with Gasteiger partial charge in [0.2, 0.25) is 0 Å². The third-order valence-corrected chi connectivity index (χ3v) is 4.57. The molecule has 29 heavy (non-hydrogen) atoms. The predicted molar refractivity (Wildman–Crippen MR) is 108 cm³/mol. The van der Waals surface area contributed by atoms with Gasteiger partial charge in [-0.25, -0.2) is 9.80 Å². The molecule has 0 aliphatic carbocycles. The number of hydrogen-bond donors (Lipinski definition) is 2. The molecule has 0 spiro atoms. The lowest BCUT2D eigenvalue weighted by Crippen LogP contribution is -2.35. The Morgan fingerprint density at radius 3 is 2.55 bits per heavy atom. The van der Waals surface area contributed by atoms with E-state index < -0.39 is 23.9 Å². The fraction of sp³-hybridized carbons (Fsp3) is 0.150. The van der Waals surface area contributed by atoms with E-state index in [2.05, 4.69) is 21.4 Å². The van der Waals surface area contributed by atoms with E-state index in [9.17, 15) is 14.4 Å². The summed E-state index contributed by atoms with van der Waals surface area (Å²) >= 11 is 3.33. The first-order valence-electron chi connectivity index (χ1n) is 8.51. The van der Waals surface area contributed by atoms with Crippen LogP contribution < -0.4 is 19.9 Å². The van der Waals surface area contributed by atoms with Crippen molar-refractivity contribution in [1.82, 2.24) is 5.43 Å². The van der Waals surface area contributed by atoms with Gasteiger partial charge in [0.1, 0.15) is 5.57 Å². The number of hydrazine groups is 1. The number of halogens is 1. The minimum atomic E-state index is -1.17. The summed E-state index contributed by atoms with van der Waals surface area (Å²) in [5.74, 6) is -1.94. The van der Waals surface area contributed by atoms with Crippen LogP contribution in [0.15, 0.2) is 52.5 Å². The third-order valence-electron chi connectivity index (χ3n) is 4.12. The van der Waals surface area contributed by atoms with Crippen molar-refractivity contribution in [2.24, 2.45) is 0 Å². The van der Waals surface area contributed by atoms with E-state index in [-0.39, 0.29) is 17.1 Å². The van der Waals surface area contributed by atoms with Gasteiger partial charge in [0.25, 0.3) is 11.8 Å². The van der Waals surface area contributed by atoms with Crippen LogP contribution in [0.4, 0.5) is 5.69 Å². The highest BCUT2D eigenvalue weighted by Gasteiger charge is 2.35. The summed E-state index contributed by atoms with van der Waals surface area (Å²) in [5, 5.41) is 10.3. The smallest absolute Gasteiger partial charge is 0.344 e. The number of carbonyl (C=O) groups excluding carboxylic acids is 2. The lowest BCUT2D eigenvalue weighted by molar-refractivity contribution is -0.144. The van der Waals surface area contributed by atoms with Gasteiger partial charge in [0.15, 0.2) is 17.6 Å². The summed E-state index contributed by atoms with van der Waals surface area (Å²) in [5.41, 5.74) is 3.22. The first kappa shape index (κ1) is 20.4. The first-order chi connectivity index (χ1) is 13.8. The Kier molecular flexibility index (Phi) is 5.88. The van der Waals surface area contributed by atoms with Crippen molar-refractivity contribution in [3.8, 4) is 11.5 Å². The highest BCUT2D eigenvalue weighted by Crippen LogP contribution is 2.37. The fourth-order valence-corrected chi connectivity index (χ4v) is 3.13. The Morgan fingerprint density at radius 2 is 1.93 bits per heavy atom. The largest absolute Gasteiger partial charge is 0.493 e. The molecule has 9 heteroatoms. The zero-order chi connectivity index (χ0) is 21.1. The molecule has 0 aromatic heterocycles. The molecular weight excluding hydrogens is 444 g/mol. The standard InChI is InChI=1S/C20H17BrN2O6/c1-11(20(26)27)29-17-12(8-13(21)10-16(17)28-2)9-15-18(24)22-23(19(15)25)14-6-4-3-5-7-14/h3-11H,1-2H3,(H,22,24)(H,26,27)/b15-9-/t11-/m1/s1. The van der Waals surface area contributed by atoms with Crippen LogP contribution in [0.25, 0.3) is 6.08 Å². The molecule has 1 aliphatic heterocycles. The SMILES string of the molecule is COc1cc(Br)cc(/C=C2/C(=O)NN(c3ccccc3)C2=O)c1O[C@H](C)C(=O)O. The molecular formula is C20H17BrN2O6. The van der Waals surface area contributed by atoms with Gasteiger partial charge in [-0.15, -0.1) is 0 Å². The van der Waals surface area contributed by atoms with Crippen LogP contribution >= 0.6 is 15.9 Å². The van der Waals surface area contributed by atoms with Crippen molar-refractivity contribution in [2.45, 2.75) is 13.0 Å². The summed E-state index contributed by atoms with van der Waals surface area (Å²) in [6.45, 7) is 1.37. The minimum absolute atomic E-state index is 0.108. The van der Waals surface area contributed by atoms with Gasteiger partial charge in [-0.05, 0) is 37.3 Å². The number of para-hydroxylation sites is 1. The van der Waals surface area contributed by atoms with Crippen molar-refractivity contribution in [2.75, 3.05) is 12.1 Å². The Hall–Kier alpha value is -3.33. The van der Waals surface area contributed by atoms with E-state index in [1.165, 1.54) is 20.1 Å². The van der Waals surface area contributed by atoms with E-state index in [1.54, 1.807) is 42.5 Å². The lowest BCUT2D eigenvalue weighted by Gasteiger charge is -2.17. The minimum Gasteiger partial charge on any atom is -0.493 e. The van der Waals surface area contributed by atoms with Crippen LogP contribution in [-0.4, -0.2) is 36.1 Å². The highest BCUT2D eigenvalue weighted by molar-refractivity contribution is 9.10. The van der Waals surface area contributed by atoms with E-state index >= 15 is 0 Å². The van der Waals surface area contributed by atoms with Gasteiger partial charge in [-0.3, -0.25) is 15.0 Å². The number of carbonyl (C=O) groups is 3. The number of ether oxygens (including phenoxy) is 2. The van der Waals surface area contributed by atoms with Crippen molar-refractivity contribution < 1.29 is 29.0 Å². The molecule has 8 nitrogen and oxygen atoms in total. The third kappa shape index (κ3) is 4.24. The number of methoxy groups -OCH3 is 1. The van der Waals surface area contributed by atoms with Crippen molar-refractivity contribution in [3.05, 3.63) is 58.1 Å². The predicted octanol–water partition coefficient (Wildman–Crippen LogP) is 2.77. The summed E-state index contributed by atoms with van der Waals surface area (Å²) in [7, 11) is 1.40. The second-order valence-electron chi connectivity index (χ2n) is 6.10. The van der Waals surface area contributed by atoms with E-state index in [0.717, 1.165) is 5.01 Å². The second kappa shape index (κ2) is 8.36. The monoisotopic (exact) mass is 460 g/mol. The number of amides is 2. The van der Waals surface area contributed by atoms with Gasteiger partial charge < -0.3 is 14.6 Å². The number of anilines is 1. The van der Waals surface area contributed by atoms with E-state index in [0.29, 0.717) is 15.7 Å². The molecule has 0 radical (unpaired) electrons. The Balaban J connectivity index is 2.05. The molecule has 1 fully saturated rings. The van der Waals surface area contributed by atoms with Gasteiger partial charge in [-0.2, -0.15) is 0 Å². The normalized spacial score (nSPS) is 16.0. The second-order valence-corrected chi connectivity index (χ2v) is 7.02. The molecule has 2 amide bonds. The molecule has 1 atom stereocenters. The van der Waals surface area contributed by atoms with Gasteiger partial charge in [-0.1, -0.05) is 34.1 Å². The van der Waals surface area contributed by atoms with Crippen molar-refractivity contribution in [3.63, 3.8) is 0 Å². The number of hydrogen-bond acceptors (Lipinski definition) is 5. The maximum Gasteiger partial charge on any atom is 0.344 e. The molecule has 1 aliphatic rings. The Bertz CT molecular complexity index is 1010. The molecule has 2 N–H and O–H groups in total. The van der Waals surface area contributed by atoms with Crippen LogP contribution in [0.5, 0.6) is 11.5 Å². The molecule has 3 rings (SSSR count). The molecule has 0 unspecified atom stereocenters. The van der Waals surface area contributed by atoms with Crippen LogP contribution in [0.2, 0.25) is 0 Å². The number of nitrogens with one attached hydrogen (secondary N) is 1. The molecule has 1 heterocycles. The topological polar surface area (TPSA) is 105 Å². The molecule has 2 aromatic rings. The molecule has 0 saturated carbocycles. The number of carboxylic acid groups (broad SMARTS) is 1. The van der Waals surface area contributed by atoms with Crippen LogP contribution in [0.1, 0.15) is 12.5 Å². The lowest BCUT2D eigenvalue weighted by atomic mass is 10.1. The Morgan fingerprint density at radius 1 is 1.24 bits per heavy atom. The van der Waals surface area contributed by atoms with Crippen LogP contribution in [0.3, 0.4) is 0 Å². The van der Waals surface area contributed by atoms with Crippen molar-refractivity contribution >= 4 is 45.5 Å². The molecule has 150 valence electrons. The zero-order valence-electron chi connectivity index (χ0n) is 15.5. The van der Waals surface area contributed by atoms with Gasteiger partial charge >= 0.3 is 5.97 Å². The number of benzene rings is 2. The van der Waals surface area contributed by atoms with Crippen LogP contribution in [0, 0.1) is 0 Å². The number of nitrogens with zero attached hydrogens (tertiary/aromatic N) is 1. The zero-order valence-corrected chi connectivity index (χ0v) is 17.1. The molecule has 1 saturated heterocycles. The van der Waals surface area contributed by atoms with Crippen molar-refractivity contribution in [1.29, 1.82) is 0 Å². The average molecular weight is 461 g/mol. The Labute approximate surface area is 174 Å². The number of rotatable bonds is 6. The van der Waals surface area contributed by atoms with Gasteiger partial charge in [0, 0.05) is 10.0 Å². The van der Waals surface area contributed by atoms with E-state index in [4.69, 9.17) is 14.6 Å². The first-order valence-corrected chi connectivity index (χ1v) is 9.30. The summed E-state index contributed by atoms with van der Waals surface area (Å²) in [6, 6.07) is 11.9.